The molecule has 0 fully saturated rings. The number of phenols is 1. The standard InChI is InChI=1S/C13H17ClINO2/c1-16(8-4-2-3-7-14)13(18)10-5-6-11(15)12(17)9-10/h5-6,9,17H,2-4,7-8H2,1H3. The second-order valence-corrected chi connectivity index (χ2v) is 5.68. The Kier molecular flexibility index (Phi) is 6.78. The second-order valence-electron chi connectivity index (χ2n) is 4.14. The highest BCUT2D eigenvalue weighted by molar-refractivity contribution is 14.1. The van der Waals surface area contributed by atoms with Gasteiger partial charge in [0.1, 0.15) is 5.75 Å². The number of carbonyl (C=O) groups excluding carboxylic acids is 1. The molecular weight excluding hydrogens is 365 g/mol. The molecule has 0 atom stereocenters. The first-order chi connectivity index (χ1) is 8.56. The Morgan fingerprint density at radius 2 is 2.11 bits per heavy atom. The van der Waals surface area contributed by atoms with E-state index in [0.29, 0.717) is 18.0 Å². The van der Waals surface area contributed by atoms with E-state index >= 15 is 0 Å². The van der Waals surface area contributed by atoms with E-state index in [1.54, 1.807) is 24.1 Å². The molecule has 1 N–H and O–H groups in total. The van der Waals surface area contributed by atoms with Crippen LogP contribution >= 0.6 is 34.2 Å². The molecule has 0 unspecified atom stereocenters. The Balaban J connectivity index is 2.54. The first kappa shape index (κ1) is 15.6. The first-order valence-electron chi connectivity index (χ1n) is 5.86. The van der Waals surface area contributed by atoms with Gasteiger partial charge in [-0.3, -0.25) is 4.79 Å². The van der Waals surface area contributed by atoms with Crippen molar-refractivity contribution in [2.45, 2.75) is 19.3 Å². The van der Waals surface area contributed by atoms with Gasteiger partial charge in [0.2, 0.25) is 0 Å². The lowest BCUT2D eigenvalue weighted by Gasteiger charge is -2.17. The minimum atomic E-state index is -0.0624. The third kappa shape index (κ3) is 4.65. The summed E-state index contributed by atoms with van der Waals surface area (Å²) in [5.41, 5.74) is 0.521. The highest BCUT2D eigenvalue weighted by Gasteiger charge is 2.12. The molecule has 0 spiro atoms. The van der Waals surface area contributed by atoms with Crippen LogP contribution in [0.25, 0.3) is 0 Å². The second kappa shape index (κ2) is 7.84. The zero-order chi connectivity index (χ0) is 13.5. The molecular formula is C13H17ClINO2. The van der Waals surface area contributed by atoms with Crippen LogP contribution < -0.4 is 0 Å². The molecule has 0 saturated carbocycles. The molecule has 0 aliphatic rings. The maximum absolute atomic E-state index is 12.1. The zero-order valence-electron chi connectivity index (χ0n) is 10.3. The monoisotopic (exact) mass is 381 g/mol. The summed E-state index contributed by atoms with van der Waals surface area (Å²) in [6.07, 6.45) is 2.96. The van der Waals surface area contributed by atoms with Crippen LogP contribution in [0.15, 0.2) is 18.2 Å². The summed E-state index contributed by atoms with van der Waals surface area (Å²) in [5.74, 6) is 0.757. The van der Waals surface area contributed by atoms with Crippen LogP contribution in [0.3, 0.4) is 0 Å². The fourth-order valence-electron chi connectivity index (χ4n) is 1.59. The van der Waals surface area contributed by atoms with Crippen molar-refractivity contribution in [3.63, 3.8) is 0 Å². The van der Waals surface area contributed by atoms with E-state index in [1.807, 2.05) is 22.6 Å². The van der Waals surface area contributed by atoms with Crippen molar-refractivity contribution in [1.29, 1.82) is 0 Å². The van der Waals surface area contributed by atoms with Crippen LogP contribution in [0.5, 0.6) is 5.75 Å². The van der Waals surface area contributed by atoms with E-state index in [0.717, 1.165) is 22.8 Å². The lowest BCUT2D eigenvalue weighted by molar-refractivity contribution is 0.0792. The Hall–Kier alpha value is -0.490. The number of amides is 1. The minimum absolute atomic E-state index is 0.0624. The lowest BCUT2D eigenvalue weighted by atomic mass is 10.2. The molecule has 1 rings (SSSR count). The summed E-state index contributed by atoms with van der Waals surface area (Å²) in [6.45, 7) is 0.711. The van der Waals surface area contributed by atoms with Crippen molar-refractivity contribution < 1.29 is 9.90 Å². The Morgan fingerprint density at radius 3 is 2.72 bits per heavy atom. The van der Waals surface area contributed by atoms with Gasteiger partial charge >= 0.3 is 0 Å². The van der Waals surface area contributed by atoms with Gasteiger partial charge in [0.25, 0.3) is 5.91 Å². The van der Waals surface area contributed by atoms with Gasteiger partial charge in [-0.15, -0.1) is 11.6 Å². The average molecular weight is 382 g/mol. The van der Waals surface area contributed by atoms with E-state index in [4.69, 9.17) is 11.6 Å². The van der Waals surface area contributed by atoms with Crippen LogP contribution in [0, 0.1) is 3.57 Å². The van der Waals surface area contributed by atoms with E-state index in [2.05, 4.69) is 0 Å². The van der Waals surface area contributed by atoms with Gasteiger partial charge in [-0.2, -0.15) is 0 Å². The van der Waals surface area contributed by atoms with E-state index in [1.165, 1.54) is 6.07 Å². The van der Waals surface area contributed by atoms with Crippen molar-refractivity contribution in [2.75, 3.05) is 19.5 Å². The van der Waals surface area contributed by atoms with E-state index in [9.17, 15) is 9.90 Å². The lowest BCUT2D eigenvalue weighted by Crippen LogP contribution is -2.27. The highest BCUT2D eigenvalue weighted by Crippen LogP contribution is 2.21. The van der Waals surface area contributed by atoms with Gasteiger partial charge in [-0.1, -0.05) is 6.42 Å². The maximum Gasteiger partial charge on any atom is 0.253 e. The van der Waals surface area contributed by atoms with Gasteiger partial charge in [0, 0.05) is 25.0 Å². The fourth-order valence-corrected chi connectivity index (χ4v) is 2.11. The number of nitrogens with zero attached hydrogens (tertiary/aromatic N) is 1. The Labute approximate surface area is 126 Å². The summed E-state index contributed by atoms with van der Waals surface area (Å²) >= 11 is 7.62. The molecule has 1 aromatic rings. The number of phenolic OH excluding ortho intramolecular Hbond substituents is 1. The summed E-state index contributed by atoms with van der Waals surface area (Å²) < 4.78 is 0.744. The molecule has 5 heteroatoms. The third-order valence-electron chi connectivity index (χ3n) is 2.67. The highest BCUT2D eigenvalue weighted by atomic mass is 127. The normalized spacial score (nSPS) is 10.4. The number of hydrogen-bond acceptors (Lipinski definition) is 2. The van der Waals surface area contributed by atoms with E-state index in [-0.39, 0.29) is 11.7 Å². The molecule has 1 aromatic carbocycles. The van der Waals surface area contributed by atoms with Gasteiger partial charge < -0.3 is 10.0 Å². The summed E-state index contributed by atoms with van der Waals surface area (Å²) in [7, 11) is 1.78. The number of rotatable bonds is 6. The SMILES string of the molecule is CN(CCCCCCl)C(=O)c1ccc(I)c(O)c1. The van der Waals surface area contributed by atoms with Crippen LogP contribution in [-0.2, 0) is 0 Å². The smallest absolute Gasteiger partial charge is 0.253 e. The van der Waals surface area contributed by atoms with Crippen molar-refractivity contribution in [1.82, 2.24) is 4.90 Å². The van der Waals surface area contributed by atoms with Crippen LogP contribution in [0.1, 0.15) is 29.6 Å². The summed E-state index contributed by atoms with van der Waals surface area (Å²) in [4.78, 5) is 13.7. The van der Waals surface area contributed by atoms with Crippen LogP contribution in [0.4, 0.5) is 0 Å². The molecule has 100 valence electrons. The number of carbonyl (C=O) groups is 1. The van der Waals surface area contributed by atoms with Gasteiger partial charge in [-0.25, -0.2) is 0 Å². The minimum Gasteiger partial charge on any atom is -0.507 e. The number of alkyl halides is 1. The van der Waals surface area contributed by atoms with Crippen molar-refractivity contribution >= 4 is 40.1 Å². The fraction of sp³-hybridized carbons (Fsp3) is 0.462. The van der Waals surface area contributed by atoms with E-state index < -0.39 is 0 Å². The molecule has 0 aliphatic heterocycles. The Bertz CT molecular complexity index is 412. The van der Waals surface area contributed by atoms with Crippen molar-refractivity contribution in [2.24, 2.45) is 0 Å². The molecule has 0 heterocycles. The molecule has 1 amide bonds. The third-order valence-corrected chi connectivity index (χ3v) is 3.85. The number of hydrogen-bond donors (Lipinski definition) is 1. The molecule has 3 nitrogen and oxygen atoms in total. The number of aromatic hydroxyl groups is 1. The molecule has 0 saturated heterocycles. The van der Waals surface area contributed by atoms with Gasteiger partial charge in [0.15, 0.2) is 0 Å². The van der Waals surface area contributed by atoms with Crippen LogP contribution in [0.2, 0.25) is 0 Å². The number of benzene rings is 1. The Morgan fingerprint density at radius 1 is 1.39 bits per heavy atom. The number of unbranched alkanes of at least 4 members (excludes halogenated alkanes) is 2. The van der Waals surface area contributed by atoms with Gasteiger partial charge in [-0.05, 0) is 53.6 Å². The van der Waals surface area contributed by atoms with Crippen LogP contribution in [-0.4, -0.2) is 35.4 Å². The molecule has 0 bridgehead atoms. The molecule has 18 heavy (non-hydrogen) atoms. The summed E-state index contributed by atoms with van der Waals surface area (Å²) in [5, 5.41) is 9.58. The number of halogens is 2. The molecule has 0 aliphatic carbocycles. The average Bonchev–Trinajstić information content (AvgIpc) is 2.37. The quantitative estimate of drug-likeness (QED) is 0.466. The van der Waals surface area contributed by atoms with Gasteiger partial charge in [0.05, 0.1) is 3.57 Å². The largest absolute Gasteiger partial charge is 0.507 e. The predicted molar refractivity (Wildman–Crippen MR) is 82.4 cm³/mol. The van der Waals surface area contributed by atoms with Crippen molar-refractivity contribution in [3.8, 4) is 5.75 Å². The molecule has 0 aromatic heterocycles. The zero-order valence-corrected chi connectivity index (χ0v) is 13.2. The first-order valence-corrected chi connectivity index (χ1v) is 7.47. The predicted octanol–water partition coefficient (Wildman–Crippen LogP) is 3.48. The van der Waals surface area contributed by atoms with Crippen molar-refractivity contribution in [3.05, 3.63) is 27.3 Å². The molecule has 0 radical (unpaired) electrons. The maximum atomic E-state index is 12.1. The topological polar surface area (TPSA) is 40.5 Å². The summed E-state index contributed by atoms with van der Waals surface area (Å²) in [6, 6.07) is 4.99.